The van der Waals surface area contributed by atoms with Crippen LogP contribution in [0.5, 0.6) is 5.75 Å². The van der Waals surface area contributed by atoms with Crippen LogP contribution in [0.3, 0.4) is 0 Å². The molecule has 0 radical (unpaired) electrons. The van der Waals surface area contributed by atoms with Crippen molar-refractivity contribution in [2.24, 2.45) is 11.8 Å². The first-order valence-corrected chi connectivity index (χ1v) is 8.89. The maximum Gasteiger partial charge on any atom is 0.251 e. The molecule has 0 aliphatic heterocycles. The molecule has 0 unspecified atom stereocenters. The Bertz CT molecular complexity index is 769. The van der Waals surface area contributed by atoms with Crippen LogP contribution in [-0.2, 0) is 11.2 Å². The highest BCUT2D eigenvalue weighted by Crippen LogP contribution is 2.38. The van der Waals surface area contributed by atoms with E-state index in [1.165, 1.54) is 0 Å². The quantitative estimate of drug-likeness (QED) is 0.804. The minimum atomic E-state index is -0.118. The SMILES string of the molecule is COc1ccc(CCNC(=O)c2ccc(NC(=O)[C@H]3C[C@H]3C)cc2)cc1. The number of carbonyl (C=O) groups is 2. The molecule has 5 nitrogen and oxygen atoms in total. The minimum absolute atomic E-state index is 0.0641. The van der Waals surface area contributed by atoms with Gasteiger partial charge in [0.25, 0.3) is 5.91 Å². The number of hydrogen-bond acceptors (Lipinski definition) is 3. The standard InChI is InChI=1S/C21H24N2O3/c1-14-13-19(14)21(25)23-17-7-5-16(6-8-17)20(24)22-12-11-15-3-9-18(26-2)10-4-15/h3-10,14,19H,11-13H2,1-2H3,(H,22,24)(H,23,25)/t14-,19+/m1/s1. The summed E-state index contributed by atoms with van der Waals surface area (Å²) in [7, 11) is 1.64. The second-order valence-corrected chi connectivity index (χ2v) is 6.74. The number of anilines is 1. The first kappa shape index (κ1) is 18.0. The van der Waals surface area contributed by atoms with E-state index in [-0.39, 0.29) is 17.7 Å². The second-order valence-electron chi connectivity index (χ2n) is 6.74. The van der Waals surface area contributed by atoms with Gasteiger partial charge in [-0.05, 0) is 60.7 Å². The molecule has 26 heavy (non-hydrogen) atoms. The maximum absolute atomic E-state index is 12.2. The van der Waals surface area contributed by atoms with E-state index in [1.54, 1.807) is 31.4 Å². The highest BCUT2D eigenvalue weighted by atomic mass is 16.5. The normalized spacial score (nSPS) is 18.1. The first-order chi connectivity index (χ1) is 12.6. The fourth-order valence-corrected chi connectivity index (χ4v) is 2.84. The molecule has 0 saturated heterocycles. The largest absolute Gasteiger partial charge is 0.497 e. The van der Waals surface area contributed by atoms with Crippen LogP contribution in [0.2, 0.25) is 0 Å². The van der Waals surface area contributed by atoms with Crippen molar-refractivity contribution in [1.29, 1.82) is 0 Å². The third-order valence-electron chi connectivity index (χ3n) is 4.72. The molecule has 1 aliphatic rings. The summed E-state index contributed by atoms with van der Waals surface area (Å²) in [5.41, 5.74) is 2.44. The van der Waals surface area contributed by atoms with Gasteiger partial charge in [-0.15, -0.1) is 0 Å². The number of methoxy groups -OCH3 is 1. The molecule has 1 fully saturated rings. The number of rotatable bonds is 7. The van der Waals surface area contributed by atoms with Crippen molar-refractivity contribution in [3.8, 4) is 5.75 Å². The van der Waals surface area contributed by atoms with Gasteiger partial charge in [0.2, 0.25) is 5.91 Å². The van der Waals surface area contributed by atoms with E-state index in [1.807, 2.05) is 24.3 Å². The van der Waals surface area contributed by atoms with E-state index < -0.39 is 0 Å². The predicted molar refractivity (Wildman–Crippen MR) is 101 cm³/mol. The number of amides is 2. The molecular weight excluding hydrogens is 328 g/mol. The summed E-state index contributed by atoms with van der Waals surface area (Å²) >= 11 is 0. The molecule has 2 N–H and O–H groups in total. The Morgan fingerprint density at radius 1 is 1.08 bits per heavy atom. The van der Waals surface area contributed by atoms with Gasteiger partial charge in [-0.25, -0.2) is 0 Å². The molecule has 136 valence electrons. The number of carbonyl (C=O) groups excluding carboxylic acids is 2. The van der Waals surface area contributed by atoms with Crippen molar-refractivity contribution in [2.75, 3.05) is 19.0 Å². The third kappa shape index (κ3) is 4.63. The fraction of sp³-hybridized carbons (Fsp3) is 0.333. The Morgan fingerprint density at radius 3 is 2.31 bits per heavy atom. The molecular formula is C21H24N2O3. The molecule has 0 spiro atoms. The molecule has 2 amide bonds. The monoisotopic (exact) mass is 352 g/mol. The Kier molecular flexibility index (Phi) is 5.56. The lowest BCUT2D eigenvalue weighted by atomic mass is 10.1. The van der Waals surface area contributed by atoms with Gasteiger partial charge >= 0.3 is 0 Å². The Balaban J connectivity index is 1.45. The lowest BCUT2D eigenvalue weighted by Gasteiger charge is -2.08. The summed E-state index contributed by atoms with van der Waals surface area (Å²) < 4.78 is 5.13. The Hall–Kier alpha value is -2.82. The number of ether oxygens (including phenoxy) is 1. The third-order valence-corrected chi connectivity index (χ3v) is 4.72. The van der Waals surface area contributed by atoms with E-state index >= 15 is 0 Å². The van der Waals surface area contributed by atoms with Crippen molar-refractivity contribution < 1.29 is 14.3 Å². The molecule has 0 heterocycles. The van der Waals surface area contributed by atoms with Crippen LogP contribution in [0.15, 0.2) is 48.5 Å². The summed E-state index contributed by atoms with van der Waals surface area (Å²) in [4.78, 5) is 24.1. The van der Waals surface area contributed by atoms with E-state index in [0.29, 0.717) is 18.0 Å². The molecule has 0 bridgehead atoms. The highest BCUT2D eigenvalue weighted by molar-refractivity contribution is 5.96. The van der Waals surface area contributed by atoms with Crippen LogP contribution in [-0.4, -0.2) is 25.5 Å². The molecule has 2 aromatic carbocycles. The number of benzene rings is 2. The molecule has 3 rings (SSSR count). The van der Waals surface area contributed by atoms with Gasteiger partial charge in [0, 0.05) is 23.7 Å². The molecule has 2 aromatic rings. The zero-order valence-corrected chi connectivity index (χ0v) is 15.1. The first-order valence-electron chi connectivity index (χ1n) is 8.89. The lowest BCUT2D eigenvalue weighted by molar-refractivity contribution is -0.117. The summed E-state index contributed by atoms with van der Waals surface area (Å²) in [5, 5.41) is 5.81. The van der Waals surface area contributed by atoms with Crippen molar-refractivity contribution in [2.45, 2.75) is 19.8 Å². The van der Waals surface area contributed by atoms with Crippen LogP contribution < -0.4 is 15.4 Å². The van der Waals surface area contributed by atoms with Gasteiger partial charge in [-0.1, -0.05) is 19.1 Å². The Morgan fingerprint density at radius 2 is 1.73 bits per heavy atom. The molecule has 0 aromatic heterocycles. The van der Waals surface area contributed by atoms with Gasteiger partial charge in [0.05, 0.1) is 7.11 Å². The molecule has 5 heteroatoms. The molecule has 1 aliphatic carbocycles. The zero-order chi connectivity index (χ0) is 18.5. The summed E-state index contributed by atoms with van der Waals surface area (Å²) in [5.74, 6) is 1.38. The molecule has 2 atom stereocenters. The molecule has 1 saturated carbocycles. The van der Waals surface area contributed by atoms with E-state index in [9.17, 15) is 9.59 Å². The van der Waals surface area contributed by atoms with E-state index in [2.05, 4.69) is 17.6 Å². The van der Waals surface area contributed by atoms with Crippen molar-refractivity contribution in [3.05, 3.63) is 59.7 Å². The van der Waals surface area contributed by atoms with Gasteiger partial charge < -0.3 is 15.4 Å². The van der Waals surface area contributed by atoms with Gasteiger partial charge in [0.15, 0.2) is 0 Å². The van der Waals surface area contributed by atoms with Crippen LogP contribution in [0.4, 0.5) is 5.69 Å². The van der Waals surface area contributed by atoms with E-state index in [4.69, 9.17) is 4.74 Å². The van der Waals surface area contributed by atoms with Crippen molar-refractivity contribution in [1.82, 2.24) is 5.32 Å². The van der Waals surface area contributed by atoms with Gasteiger partial charge in [0.1, 0.15) is 5.75 Å². The predicted octanol–water partition coefficient (Wildman–Crippen LogP) is 3.26. The average molecular weight is 352 g/mol. The number of nitrogens with one attached hydrogen (secondary N) is 2. The maximum atomic E-state index is 12.2. The summed E-state index contributed by atoms with van der Waals surface area (Å²) in [6.45, 7) is 2.63. The Labute approximate surface area is 153 Å². The van der Waals surface area contributed by atoms with Crippen LogP contribution in [0.1, 0.15) is 29.3 Å². The smallest absolute Gasteiger partial charge is 0.251 e. The second kappa shape index (κ2) is 8.04. The van der Waals surface area contributed by atoms with Crippen LogP contribution in [0.25, 0.3) is 0 Å². The summed E-state index contributed by atoms with van der Waals surface area (Å²) in [6, 6.07) is 14.8. The minimum Gasteiger partial charge on any atom is -0.497 e. The van der Waals surface area contributed by atoms with Crippen LogP contribution in [0, 0.1) is 11.8 Å². The fourth-order valence-electron chi connectivity index (χ4n) is 2.84. The average Bonchev–Trinajstić information content (AvgIpc) is 3.40. The van der Waals surface area contributed by atoms with Crippen molar-refractivity contribution >= 4 is 17.5 Å². The number of hydrogen-bond donors (Lipinski definition) is 2. The zero-order valence-electron chi connectivity index (χ0n) is 15.1. The lowest BCUT2D eigenvalue weighted by Crippen LogP contribution is -2.25. The van der Waals surface area contributed by atoms with Crippen molar-refractivity contribution in [3.63, 3.8) is 0 Å². The van der Waals surface area contributed by atoms with Gasteiger partial charge in [-0.3, -0.25) is 9.59 Å². The van der Waals surface area contributed by atoms with Crippen LogP contribution >= 0.6 is 0 Å². The summed E-state index contributed by atoms with van der Waals surface area (Å²) in [6.07, 6.45) is 1.71. The van der Waals surface area contributed by atoms with Gasteiger partial charge in [-0.2, -0.15) is 0 Å². The van der Waals surface area contributed by atoms with E-state index in [0.717, 1.165) is 29.8 Å². The topological polar surface area (TPSA) is 67.4 Å². The highest BCUT2D eigenvalue weighted by Gasteiger charge is 2.39.